The molecule has 31 heavy (non-hydrogen) atoms. The van der Waals surface area contributed by atoms with Crippen molar-refractivity contribution < 1.29 is 4.79 Å². The van der Waals surface area contributed by atoms with E-state index in [1.807, 2.05) is 54.3 Å². The van der Waals surface area contributed by atoms with Crippen molar-refractivity contribution in [2.24, 2.45) is 0 Å². The molecule has 0 spiro atoms. The summed E-state index contributed by atoms with van der Waals surface area (Å²) in [6.07, 6.45) is 2.32. The molecular weight excluding hydrogens is 388 g/mol. The highest BCUT2D eigenvalue weighted by atomic mass is 16.2. The van der Waals surface area contributed by atoms with E-state index in [-0.39, 0.29) is 5.91 Å². The minimum atomic E-state index is 0.109. The zero-order chi connectivity index (χ0) is 20.9. The Morgan fingerprint density at radius 3 is 2.45 bits per heavy atom. The molecule has 4 aromatic rings. The lowest BCUT2D eigenvalue weighted by Crippen LogP contribution is -2.49. The molecule has 0 bridgehead atoms. The molecule has 0 N–H and O–H groups in total. The normalized spacial score (nSPS) is 16.9. The zero-order valence-electron chi connectivity index (χ0n) is 17.5. The summed E-state index contributed by atoms with van der Waals surface area (Å²) in [5.74, 6) is 2.49. The number of para-hydroxylation sites is 1. The van der Waals surface area contributed by atoms with E-state index in [2.05, 4.69) is 25.6 Å². The van der Waals surface area contributed by atoms with Gasteiger partial charge < -0.3 is 9.80 Å². The predicted octanol–water partition coefficient (Wildman–Crippen LogP) is 3.43. The van der Waals surface area contributed by atoms with Crippen molar-refractivity contribution in [3.05, 3.63) is 65.5 Å². The molecule has 156 valence electrons. The summed E-state index contributed by atoms with van der Waals surface area (Å²) < 4.78 is 2.15. The summed E-state index contributed by atoms with van der Waals surface area (Å²) in [5.41, 5.74) is 3.61. The largest absolute Gasteiger partial charge is 0.338 e. The van der Waals surface area contributed by atoms with Crippen LogP contribution in [0.4, 0.5) is 5.95 Å². The molecule has 7 heteroatoms. The number of anilines is 1. The second-order valence-electron chi connectivity index (χ2n) is 8.51. The number of fused-ring (bicyclic) bond motifs is 3. The lowest BCUT2D eigenvalue weighted by Gasteiger charge is -2.36. The quantitative estimate of drug-likeness (QED) is 0.516. The molecule has 1 aliphatic heterocycles. The lowest BCUT2D eigenvalue weighted by atomic mass is 10.1. The Bertz CT molecular complexity index is 1300. The van der Waals surface area contributed by atoms with Gasteiger partial charge in [0.05, 0.1) is 5.52 Å². The van der Waals surface area contributed by atoms with Gasteiger partial charge in [-0.15, -0.1) is 10.2 Å². The van der Waals surface area contributed by atoms with Crippen molar-refractivity contribution in [2.75, 3.05) is 31.1 Å². The number of amides is 1. The fourth-order valence-electron chi connectivity index (χ4n) is 4.50. The van der Waals surface area contributed by atoms with Gasteiger partial charge in [-0.1, -0.05) is 30.3 Å². The number of carbonyl (C=O) groups excluding carboxylic acids is 1. The number of rotatable bonds is 3. The van der Waals surface area contributed by atoms with Gasteiger partial charge in [0.1, 0.15) is 5.82 Å². The minimum absolute atomic E-state index is 0.109. The van der Waals surface area contributed by atoms with Crippen molar-refractivity contribution >= 4 is 28.4 Å². The molecule has 2 fully saturated rings. The lowest BCUT2D eigenvalue weighted by molar-refractivity contribution is 0.0745. The minimum Gasteiger partial charge on any atom is -0.338 e. The van der Waals surface area contributed by atoms with Crippen LogP contribution in [0.5, 0.6) is 0 Å². The fourth-order valence-corrected chi connectivity index (χ4v) is 4.50. The molecule has 0 unspecified atom stereocenters. The van der Waals surface area contributed by atoms with E-state index in [4.69, 9.17) is 4.98 Å². The summed E-state index contributed by atoms with van der Waals surface area (Å²) in [6.45, 7) is 4.81. The van der Waals surface area contributed by atoms with E-state index in [9.17, 15) is 4.79 Å². The van der Waals surface area contributed by atoms with E-state index in [0.29, 0.717) is 19.0 Å². The van der Waals surface area contributed by atoms with Crippen molar-refractivity contribution in [3.8, 4) is 0 Å². The molecule has 1 saturated carbocycles. The molecule has 2 aliphatic rings. The Morgan fingerprint density at radius 1 is 0.935 bits per heavy atom. The number of aromatic nitrogens is 4. The monoisotopic (exact) mass is 412 g/mol. The van der Waals surface area contributed by atoms with Crippen LogP contribution < -0.4 is 4.90 Å². The highest BCUT2D eigenvalue weighted by Crippen LogP contribution is 2.40. The third-order valence-electron chi connectivity index (χ3n) is 6.42. The molecule has 0 atom stereocenters. The molecule has 6 rings (SSSR count). The first kappa shape index (κ1) is 18.3. The SMILES string of the molecule is Cc1ccccc1C(=O)N1CCN(c2nc3ccccc3c3nnc(C4CC4)n23)CC1. The maximum Gasteiger partial charge on any atom is 0.254 e. The number of aryl methyl sites for hydroxylation is 1. The van der Waals surface area contributed by atoms with Gasteiger partial charge in [0, 0.05) is 43.0 Å². The van der Waals surface area contributed by atoms with Gasteiger partial charge in [0.25, 0.3) is 5.91 Å². The van der Waals surface area contributed by atoms with Crippen molar-refractivity contribution in [2.45, 2.75) is 25.7 Å². The topological polar surface area (TPSA) is 66.6 Å². The summed E-state index contributed by atoms with van der Waals surface area (Å²) in [7, 11) is 0. The standard InChI is InChI=1S/C24H24N6O/c1-16-6-2-3-7-18(16)23(31)28-12-14-29(15-13-28)24-25-20-9-5-4-8-19(20)22-27-26-21(30(22)24)17-10-11-17/h2-9,17H,10-15H2,1H3. The number of nitrogens with zero attached hydrogens (tertiary/aromatic N) is 6. The molecule has 2 aromatic carbocycles. The first-order chi connectivity index (χ1) is 15.2. The predicted molar refractivity (Wildman–Crippen MR) is 120 cm³/mol. The maximum atomic E-state index is 13.0. The molecule has 1 amide bonds. The second-order valence-corrected chi connectivity index (χ2v) is 8.51. The number of carbonyl (C=O) groups is 1. The summed E-state index contributed by atoms with van der Waals surface area (Å²) in [5, 5.41) is 10.1. The number of hydrogen-bond donors (Lipinski definition) is 0. The number of hydrogen-bond acceptors (Lipinski definition) is 5. The van der Waals surface area contributed by atoms with Gasteiger partial charge in [0.2, 0.25) is 5.95 Å². The highest BCUT2D eigenvalue weighted by molar-refractivity contribution is 5.96. The Hall–Kier alpha value is -3.48. The first-order valence-electron chi connectivity index (χ1n) is 10.9. The molecule has 2 aromatic heterocycles. The van der Waals surface area contributed by atoms with Gasteiger partial charge in [0.15, 0.2) is 5.65 Å². The summed E-state index contributed by atoms with van der Waals surface area (Å²) in [4.78, 5) is 22.3. The van der Waals surface area contributed by atoms with E-state index in [1.165, 1.54) is 0 Å². The maximum absolute atomic E-state index is 13.0. The van der Waals surface area contributed by atoms with E-state index in [1.54, 1.807) is 0 Å². The number of benzene rings is 2. The Balaban J connectivity index is 1.34. The van der Waals surface area contributed by atoms with Gasteiger partial charge in [-0.25, -0.2) is 9.38 Å². The Kier molecular flexibility index (Phi) is 4.16. The highest BCUT2D eigenvalue weighted by Gasteiger charge is 2.32. The first-order valence-corrected chi connectivity index (χ1v) is 10.9. The van der Waals surface area contributed by atoms with Crippen LogP contribution in [0.3, 0.4) is 0 Å². The van der Waals surface area contributed by atoms with Gasteiger partial charge in [-0.3, -0.25) is 4.79 Å². The van der Waals surface area contributed by atoms with Gasteiger partial charge in [-0.2, -0.15) is 0 Å². The number of piperazine rings is 1. The molecule has 0 radical (unpaired) electrons. The molecule has 1 aliphatic carbocycles. The van der Waals surface area contributed by atoms with Gasteiger partial charge >= 0.3 is 0 Å². The average molecular weight is 412 g/mol. The van der Waals surface area contributed by atoms with Crippen LogP contribution in [-0.4, -0.2) is 56.6 Å². The van der Waals surface area contributed by atoms with Crippen molar-refractivity contribution in [1.29, 1.82) is 0 Å². The van der Waals surface area contributed by atoms with Crippen LogP contribution in [0.25, 0.3) is 16.6 Å². The van der Waals surface area contributed by atoms with Crippen LogP contribution >= 0.6 is 0 Å². The van der Waals surface area contributed by atoms with E-state index >= 15 is 0 Å². The van der Waals surface area contributed by atoms with Crippen LogP contribution in [0.15, 0.2) is 48.5 Å². The van der Waals surface area contributed by atoms with E-state index in [0.717, 1.165) is 65.4 Å². The molecule has 1 saturated heterocycles. The third kappa shape index (κ3) is 3.03. The smallest absolute Gasteiger partial charge is 0.254 e. The van der Waals surface area contributed by atoms with Crippen LogP contribution in [-0.2, 0) is 0 Å². The zero-order valence-corrected chi connectivity index (χ0v) is 17.5. The molecular formula is C24H24N6O. The Labute approximate surface area is 180 Å². The third-order valence-corrected chi connectivity index (χ3v) is 6.42. The van der Waals surface area contributed by atoms with Crippen LogP contribution in [0.2, 0.25) is 0 Å². The fraction of sp³-hybridized carbons (Fsp3) is 0.333. The van der Waals surface area contributed by atoms with Crippen LogP contribution in [0.1, 0.15) is 40.5 Å². The summed E-state index contributed by atoms with van der Waals surface area (Å²) in [6, 6.07) is 15.9. The van der Waals surface area contributed by atoms with E-state index < -0.39 is 0 Å². The average Bonchev–Trinajstić information content (AvgIpc) is 3.56. The van der Waals surface area contributed by atoms with Crippen LogP contribution in [0, 0.1) is 6.92 Å². The molecule has 7 nitrogen and oxygen atoms in total. The van der Waals surface area contributed by atoms with Crippen molar-refractivity contribution in [1.82, 2.24) is 24.5 Å². The summed E-state index contributed by atoms with van der Waals surface area (Å²) >= 11 is 0. The Morgan fingerprint density at radius 2 is 1.68 bits per heavy atom. The van der Waals surface area contributed by atoms with Crippen molar-refractivity contribution in [3.63, 3.8) is 0 Å². The van der Waals surface area contributed by atoms with Gasteiger partial charge in [-0.05, 0) is 43.5 Å². The molecule has 3 heterocycles. The second kappa shape index (κ2) is 7.04.